The highest BCUT2D eigenvalue weighted by Gasteiger charge is 2.05. The summed E-state index contributed by atoms with van der Waals surface area (Å²) < 4.78 is 132. The predicted octanol–water partition coefficient (Wildman–Crippen LogP) is 21.8. The molecule has 0 saturated carbocycles. The second-order valence-electron chi connectivity index (χ2n) is 18.0. The number of likely N-dealkylation sites (N-methyl/N-ethyl adjacent to an activating group) is 1. The third kappa shape index (κ3) is 118. The van der Waals surface area contributed by atoms with Crippen LogP contribution in [0.4, 0.5) is 26.3 Å². The minimum Gasteiger partial charge on any atom is -0.502 e. The maximum atomic E-state index is 11.5. The highest BCUT2D eigenvalue weighted by atomic mass is 19.3. The first-order chi connectivity index (χ1) is 51.4. The number of halogens is 6. The molecule has 0 atom stereocenters. The van der Waals surface area contributed by atoms with Crippen molar-refractivity contribution >= 4 is 12.0 Å². The van der Waals surface area contributed by atoms with Gasteiger partial charge in [0.05, 0.1) is 57.9 Å². The summed E-state index contributed by atoms with van der Waals surface area (Å²) in [5, 5.41) is 6.16. The molecule has 107 heavy (non-hydrogen) atoms. The van der Waals surface area contributed by atoms with E-state index in [1.807, 2.05) is 150 Å². The zero-order valence-corrected chi connectivity index (χ0v) is 66.6. The van der Waals surface area contributed by atoms with E-state index < -0.39 is 31.0 Å². The molecule has 0 bridgehead atoms. The van der Waals surface area contributed by atoms with Crippen molar-refractivity contribution in [3.05, 3.63) is 304 Å². The number of para-hydroxylation sites is 2. The van der Waals surface area contributed by atoms with Gasteiger partial charge < -0.3 is 71.6 Å². The number of allylic oxidation sites excluding steroid dienone is 4. The lowest BCUT2D eigenvalue weighted by Crippen LogP contribution is -2.26. The van der Waals surface area contributed by atoms with Gasteiger partial charge in [0.25, 0.3) is 0 Å². The average molecular weight is 1520 g/mol. The summed E-state index contributed by atoms with van der Waals surface area (Å²) in [6.07, 6.45) is 23.4. The summed E-state index contributed by atoms with van der Waals surface area (Å²) >= 11 is 0. The van der Waals surface area contributed by atoms with Gasteiger partial charge in [-0.05, 0) is 103 Å². The highest BCUT2D eigenvalue weighted by molar-refractivity contribution is 5.87. The fourth-order valence-corrected chi connectivity index (χ4v) is 5.00. The van der Waals surface area contributed by atoms with Crippen LogP contribution in [0, 0.1) is 5.92 Å². The van der Waals surface area contributed by atoms with Crippen molar-refractivity contribution in [1.82, 2.24) is 10.6 Å². The zero-order valence-electron chi connectivity index (χ0n) is 66.6. The predicted molar refractivity (Wildman–Crippen MR) is 435 cm³/mol. The summed E-state index contributed by atoms with van der Waals surface area (Å²) in [5.41, 5.74) is 0.996. The number of esters is 1. The third-order valence-electron chi connectivity index (χ3n) is 9.76. The number of hydrogen-bond acceptors (Lipinski definition) is 17. The van der Waals surface area contributed by atoms with E-state index in [2.05, 4.69) is 150 Å². The van der Waals surface area contributed by atoms with E-state index in [-0.39, 0.29) is 43.7 Å². The number of nitrogens with one attached hydrogen (secondary N) is 2. The normalized spacial score (nSPS) is 8.79. The molecule has 0 aliphatic rings. The molecule has 0 amide bonds. The highest BCUT2D eigenvalue weighted by Crippen LogP contribution is 2.11. The molecule has 0 fully saturated rings. The van der Waals surface area contributed by atoms with Crippen molar-refractivity contribution < 1.29 is 97.5 Å². The number of rotatable bonds is 39. The molecule has 0 aliphatic carbocycles. The van der Waals surface area contributed by atoms with E-state index in [9.17, 15) is 31.1 Å². The Kier molecular flexibility index (Phi) is 128. The Morgan fingerprint density at radius 1 is 0.411 bits per heavy atom. The molecule has 3 aromatic carbocycles. The fourth-order valence-electron chi connectivity index (χ4n) is 5.00. The van der Waals surface area contributed by atoms with Gasteiger partial charge in [-0.25, -0.2) is 4.79 Å². The van der Waals surface area contributed by atoms with Gasteiger partial charge in [0.2, 0.25) is 0 Å². The topological polar surface area (TPSA) is 170 Å². The van der Waals surface area contributed by atoms with E-state index in [1.165, 1.54) is 32.6 Å². The van der Waals surface area contributed by atoms with Crippen molar-refractivity contribution in [1.29, 1.82) is 0 Å². The summed E-state index contributed by atoms with van der Waals surface area (Å²) in [5.74, 6) is 2.00. The second kappa shape index (κ2) is 113. The first-order valence-electron chi connectivity index (χ1n) is 33.4. The van der Waals surface area contributed by atoms with Gasteiger partial charge in [-0.15, -0.1) is 78.9 Å². The Bertz CT molecular complexity index is 2470. The molecule has 2 N–H and O–H groups in total. The molecule has 0 heterocycles. The quantitative estimate of drug-likeness (QED) is 0.0105. The van der Waals surface area contributed by atoms with Crippen molar-refractivity contribution in [2.45, 2.75) is 93.0 Å². The minimum atomic E-state index is -2.48. The van der Waals surface area contributed by atoms with Crippen molar-refractivity contribution in [2.24, 2.45) is 5.92 Å². The molecule has 0 aliphatic heterocycles. The molecule has 3 aromatic rings. The van der Waals surface area contributed by atoms with Crippen LogP contribution in [0.25, 0.3) is 6.08 Å². The standard InChI is InChI=1S/C11H12O2.C8H10O2.C8H10O.C7H13NO.C7H13N.C7H12O2.C7H12O.C7H12.C4H5F3O2.C4H5F3O.C4H8O2.C4H8O.2C3H6/c1-2-13-11(12)9-8-10-6-4-3-5-7-10;1-9-7-10-8-5-3-2-4-6-8;1-2-9-8-6-4-3-5-7-8;1-4-7(5-2)8-6-9-3;1-4-7(5-2)8-6-3;1-4-7(5-2)9-6-8-3;1-4-7(5-2)8-6-3;1-4-7(5-2)6-3;1-8-2-9-4(7)3(5)6;1-2-8-4(7)3(5)6;1-3-6-4-5-2;1-3-5-4-2;2*1-3-2/h3-9H,2H2,1H3;2-6H,7H2,1H3;3-7H,2H2,1H3;4-5,7-8H,1-2,6H2,3H3;4-5,7-8H,1-2,6H2,3H3;4-5,7H,1-2,6H2,3H3;4-5,7H,1-2,6H2,3H3;4-5,7H,1-2,6H2,3H3;2H2,1H3;2H2,1H3;3H,1,4H2,2H3;3H,1,4H2,2H3;2*3H,1H2,2H3/b9-8+;;;;;;;;;;;;;. The average Bonchev–Trinajstić information content (AvgIpc) is 3.05. The Balaban J connectivity index is -0.000000104. The van der Waals surface area contributed by atoms with Gasteiger partial charge in [0.15, 0.2) is 20.4 Å². The minimum absolute atomic E-state index is 0.0278. The van der Waals surface area contributed by atoms with Crippen LogP contribution in [0.15, 0.2) is 299 Å². The lowest BCUT2D eigenvalue weighted by atomic mass is 10.1. The molecular formula is C84H132F6N2O15. The summed E-state index contributed by atoms with van der Waals surface area (Å²) in [4.78, 5) is 10.9. The number of hydrogen-bond donors (Lipinski definition) is 2. The molecule has 3 rings (SSSR count). The molecule has 610 valence electrons. The Labute approximate surface area is 641 Å². The van der Waals surface area contributed by atoms with Gasteiger partial charge in [0.1, 0.15) is 18.3 Å². The van der Waals surface area contributed by atoms with Gasteiger partial charge in [-0.3, -0.25) is 5.32 Å². The number of methoxy groups -OCH3 is 5. The second-order valence-corrected chi connectivity index (χ2v) is 18.0. The first kappa shape index (κ1) is 122. The smallest absolute Gasteiger partial charge is 0.342 e. The van der Waals surface area contributed by atoms with Gasteiger partial charge in [-0.1, -0.05) is 167 Å². The van der Waals surface area contributed by atoms with E-state index in [0.29, 0.717) is 39.4 Å². The first-order valence-corrected chi connectivity index (χ1v) is 33.4. The maximum Gasteiger partial charge on any atom is 0.342 e. The van der Waals surface area contributed by atoms with Crippen LogP contribution in [0.3, 0.4) is 0 Å². The zero-order chi connectivity index (χ0) is 84.2. The number of carbonyl (C=O) groups is 1. The van der Waals surface area contributed by atoms with Crippen LogP contribution in [-0.4, -0.2) is 139 Å². The molecule has 0 unspecified atom stereocenters. The third-order valence-corrected chi connectivity index (χ3v) is 9.76. The fraction of sp³-hybridized carbons (Fsp3) is 0.369. The van der Waals surface area contributed by atoms with Crippen molar-refractivity contribution in [3.63, 3.8) is 0 Å². The van der Waals surface area contributed by atoms with Gasteiger partial charge in [0, 0.05) is 60.3 Å². The molecule has 17 nitrogen and oxygen atoms in total. The van der Waals surface area contributed by atoms with Crippen LogP contribution in [0.5, 0.6) is 11.5 Å². The molecule has 0 spiro atoms. The van der Waals surface area contributed by atoms with Crippen molar-refractivity contribution in [3.8, 4) is 11.5 Å². The van der Waals surface area contributed by atoms with E-state index in [4.69, 9.17) is 33.2 Å². The maximum absolute atomic E-state index is 11.5. The molecule has 0 saturated heterocycles. The van der Waals surface area contributed by atoms with E-state index in [0.717, 1.165) is 43.2 Å². The van der Waals surface area contributed by atoms with Crippen molar-refractivity contribution in [2.75, 3.05) is 109 Å². The number of benzene rings is 3. The van der Waals surface area contributed by atoms with Gasteiger partial charge >= 0.3 is 30.2 Å². The number of carbonyl (C=O) groups excluding carboxylic acids is 1. The monoisotopic (exact) mass is 1520 g/mol. The summed E-state index contributed by atoms with van der Waals surface area (Å²) in [6.45, 7) is 70.6. The van der Waals surface area contributed by atoms with Crippen LogP contribution < -0.4 is 20.1 Å². The Morgan fingerprint density at radius 3 is 1.07 bits per heavy atom. The Morgan fingerprint density at radius 2 is 0.804 bits per heavy atom. The molecule has 23 heteroatoms. The molecular weight excluding hydrogens is 1390 g/mol. The van der Waals surface area contributed by atoms with Crippen LogP contribution in [0.2, 0.25) is 0 Å². The van der Waals surface area contributed by atoms with Crippen LogP contribution >= 0.6 is 0 Å². The lowest BCUT2D eigenvalue weighted by Gasteiger charge is -2.07. The van der Waals surface area contributed by atoms with Crippen LogP contribution in [-0.2, 0) is 61.6 Å². The van der Waals surface area contributed by atoms with E-state index in [1.54, 1.807) is 90.0 Å². The Hall–Kier alpha value is -9.27. The molecule has 0 aromatic heterocycles. The van der Waals surface area contributed by atoms with E-state index >= 15 is 0 Å². The summed E-state index contributed by atoms with van der Waals surface area (Å²) in [7, 11) is 7.56. The SMILES string of the molecule is C=CC.C=CC.C=CC(C=C)CC.C=CC(C=C)NCC.C=CC(C=C)NCOC.C=CC(C=C)OCC.C=CC(C=C)OCOC.C=COCC.C=COCOC.CCOC(=O)/C=C/c1ccccc1.CCOC(F)=C(F)F.CCOc1ccccc1.COCOC(F)=C(F)F.COCOc1ccccc1. The van der Waals surface area contributed by atoms with Gasteiger partial charge in [-0.2, -0.15) is 26.3 Å². The number of ether oxygens (including phenoxy) is 14. The van der Waals surface area contributed by atoms with Crippen LogP contribution in [0.1, 0.15) is 74.3 Å². The molecule has 0 radical (unpaired) electrons. The lowest BCUT2D eigenvalue weighted by molar-refractivity contribution is -0.137. The largest absolute Gasteiger partial charge is 0.502 e. The summed E-state index contributed by atoms with van der Waals surface area (Å²) in [6, 6.07) is 25.7.